The fourth-order valence-corrected chi connectivity index (χ4v) is 8.02. The van der Waals surface area contributed by atoms with Crippen molar-refractivity contribution < 1.29 is 56.5 Å². The molecule has 8 rings (SSSR count). The van der Waals surface area contributed by atoms with Crippen molar-refractivity contribution in [3.63, 3.8) is 0 Å². The standard InChI is InChI=1S/C25H28FN3O5.C24H27FN4O5.ClH/c1-3-20-15-29(25(32)34-20)19-8-9-22(21(26)14-19)27-10-12-28(13-11-27)23(30)16-33-24(31)18-6-4-17(2)5-7-18;1-16-2-4-17(5-3-16)23(31)33-15-22(30)28-10-8-27(9-11-28)21-7-6-18(12-20(21)25)29-14-19(13-26)34-24(29)32;/h4-9,14,20H,3,10-13,15-16H2,1-2H3;2-7,12,19H,8-11,13-15,26H2,1H3;1H/t20-;19-;/m00./s1. The van der Waals surface area contributed by atoms with Crippen LogP contribution in [0.15, 0.2) is 84.9 Å². The molecule has 69 heavy (non-hydrogen) atoms. The number of rotatable bonds is 12. The van der Waals surface area contributed by atoms with Gasteiger partial charge in [-0.25, -0.2) is 28.0 Å². The van der Waals surface area contributed by atoms with Crippen molar-refractivity contribution in [1.29, 1.82) is 0 Å². The molecule has 17 nitrogen and oxygen atoms in total. The van der Waals surface area contributed by atoms with Crippen LogP contribution < -0.4 is 25.3 Å². The first-order valence-electron chi connectivity index (χ1n) is 22.5. The number of aryl methyl sites for hydroxylation is 2. The van der Waals surface area contributed by atoms with E-state index in [0.717, 1.165) is 11.1 Å². The maximum absolute atomic E-state index is 14.9. The highest BCUT2D eigenvalue weighted by molar-refractivity contribution is 5.93. The largest absolute Gasteiger partial charge is 0.452 e. The number of amides is 4. The zero-order valence-corrected chi connectivity index (χ0v) is 39.5. The Morgan fingerprint density at radius 2 is 0.971 bits per heavy atom. The van der Waals surface area contributed by atoms with E-state index in [-0.39, 0.29) is 56.6 Å². The lowest BCUT2D eigenvalue weighted by Crippen LogP contribution is -2.50. The predicted molar refractivity (Wildman–Crippen MR) is 255 cm³/mol. The summed E-state index contributed by atoms with van der Waals surface area (Å²) < 4.78 is 50.4. The summed E-state index contributed by atoms with van der Waals surface area (Å²) in [7, 11) is 0. The Labute approximate surface area is 405 Å². The van der Waals surface area contributed by atoms with Crippen molar-refractivity contribution in [2.75, 3.05) is 105 Å². The Hall–Kier alpha value is -6.99. The molecule has 4 heterocycles. The van der Waals surface area contributed by atoms with Gasteiger partial charge in [-0.05, 0) is 80.9 Å². The number of cyclic esters (lactones) is 2. The second kappa shape index (κ2) is 23.3. The van der Waals surface area contributed by atoms with Crippen molar-refractivity contribution in [2.45, 2.75) is 39.4 Å². The molecule has 4 aliphatic rings. The highest BCUT2D eigenvalue weighted by atomic mass is 35.5. The van der Waals surface area contributed by atoms with E-state index in [4.69, 9.17) is 24.7 Å². The van der Waals surface area contributed by atoms with Gasteiger partial charge in [0.1, 0.15) is 23.8 Å². The van der Waals surface area contributed by atoms with Crippen LogP contribution in [-0.2, 0) is 28.5 Å². The summed E-state index contributed by atoms with van der Waals surface area (Å²) in [6.07, 6.45) is -0.891. The van der Waals surface area contributed by atoms with Gasteiger partial charge in [-0.3, -0.25) is 19.4 Å². The minimum Gasteiger partial charge on any atom is -0.452 e. The third kappa shape index (κ3) is 12.8. The fourth-order valence-electron chi connectivity index (χ4n) is 8.02. The SMILES string of the molecule is CC[C@H]1CN(c2ccc(N3CCN(C(=O)COC(=O)c4ccc(C)cc4)CC3)c(F)c2)C(=O)O1.Cc1ccc(C(=O)OCC(=O)N2CCN(c3ccc(N4C[C@H](CN)OC4=O)cc3F)CC2)cc1.Cl. The van der Waals surface area contributed by atoms with Gasteiger partial charge in [-0.15, -0.1) is 12.4 Å². The molecule has 4 aromatic rings. The molecular formula is C49H56ClF2N7O10. The molecule has 0 aliphatic carbocycles. The van der Waals surface area contributed by atoms with Crippen LogP contribution in [0.1, 0.15) is 45.2 Å². The van der Waals surface area contributed by atoms with Crippen molar-refractivity contribution in [1.82, 2.24) is 9.80 Å². The van der Waals surface area contributed by atoms with Crippen molar-refractivity contribution in [2.24, 2.45) is 5.73 Å². The Balaban J connectivity index is 0.000000224. The first-order valence-corrected chi connectivity index (χ1v) is 22.5. The Bertz CT molecular complexity index is 2310. The molecule has 4 amide bonds. The highest BCUT2D eigenvalue weighted by Gasteiger charge is 2.34. The third-order valence-electron chi connectivity index (χ3n) is 12.1. The van der Waals surface area contributed by atoms with Crippen molar-refractivity contribution in [3.8, 4) is 0 Å². The molecule has 4 aromatic carbocycles. The molecular weight excluding hydrogens is 920 g/mol. The van der Waals surface area contributed by atoms with Gasteiger partial charge in [0.25, 0.3) is 11.8 Å². The summed E-state index contributed by atoms with van der Waals surface area (Å²) >= 11 is 0. The topological polar surface area (TPSA) is 185 Å². The Kier molecular flexibility index (Phi) is 17.4. The monoisotopic (exact) mass is 975 g/mol. The van der Waals surface area contributed by atoms with E-state index in [0.29, 0.717) is 99.2 Å². The maximum atomic E-state index is 14.9. The van der Waals surface area contributed by atoms with Gasteiger partial charge >= 0.3 is 24.1 Å². The minimum atomic E-state index is -0.547. The molecule has 4 saturated heterocycles. The third-order valence-corrected chi connectivity index (χ3v) is 12.1. The lowest BCUT2D eigenvalue weighted by Gasteiger charge is -2.36. The highest BCUT2D eigenvalue weighted by Crippen LogP contribution is 2.30. The lowest BCUT2D eigenvalue weighted by atomic mass is 10.1. The number of hydrogen-bond acceptors (Lipinski definition) is 13. The quantitative estimate of drug-likeness (QED) is 0.135. The Morgan fingerprint density at radius 1 is 0.594 bits per heavy atom. The smallest absolute Gasteiger partial charge is 0.414 e. The second-order valence-corrected chi connectivity index (χ2v) is 16.8. The molecule has 2 atom stereocenters. The summed E-state index contributed by atoms with van der Waals surface area (Å²) in [5, 5.41) is 0. The van der Waals surface area contributed by atoms with Gasteiger partial charge in [-0.2, -0.15) is 0 Å². The average molecular weight is 976 g/mol. The van der Waals surface area contributed by atoms with Crippen LogP contribution >= 0.6 is 12.4 Å². The zero-order chi connectivity index (χ0) is 48.5. The summed E-state index contributed by atoms with van der Waals surface area (Å²) in [5.74, 6) is -2.56. The van der Waals surface area contributed by atoms with Gasteiger partial charge < -0.3 is 44.3 Å². The summed E-state index contributed by atoms with van der Waals surface area (Å²) in [6, 6.07) is 23.2. The zero-order valence-electron chi connectivity index (χ0n) is 38.6. The van der Waals surface area contributed by atoms with Gasteiger partial charge in [0.2, 0.25) is 0 Å². The number of carbonyl (C=O) groups is 6. The molecule has 368 valence electrons. The van der Waals surface area contributed by atoms with Crippen LogP contribution in [0.4, 0.5) is 41.1 Å². The van der Waals surface area contributed by atoms with Crippen molar-refractivity contribution in [3.05, 3.63) is 119 Å². The molecule has 20 heteroatoms. The van der Waals surface area contributed by atoms with E-state index < -0.39 is 41.9 Å². The van der Waals surface area contributed by atoms with E-state index in [2.05, 4.69) is 0 Å². The number of hydrogen-bond donors (Lipinski definition) is 1. The number of halogens is 3. The number of piperazine rings is 2. The van der Waals surface area contributed by atoms with E-state index in [1.165, 1.54) is 21.9 Å². The van der Waals surface area contributed by atoms with Gasteiger partial charge in [0, 0.05) is 58.9 Å². The van der Waals surface area contributed by atoms with Crippen molar-refractivity contribution >= 4 is 71.1 Å². The van der Waals surface area contributed by atoms with Crippen LogP contribution in [0.3, 0.4) is 0 Å². The molecule has 0 bridgehead atoms. The number of anilines is 4. The number of ether oxygens (including phenoxy) is 4. The molecule has 0 radical (unpaired) electrons. The lowest BCUT2D eigenvalue weighted by molar-refractivity contribution is -0.135. The normalized spacial score (nSPS) is 17.9. The van der Waals surface area contributed by atoms with Gasteiger partial charge in [0.05, 0.1) is 47.0 Å². The minimum absolute atomic E-state index is 0. The van der Waals surface area contributed by atoms with Crippen LogP contribution in [0.25, 0.3) is 0 Å². The molecule has 4 fully saturated rings. The van der Waals surface area contributed by atoms with Crippen LogP contribution in [0, 0.1) is 25.5 Å². The molecule has 0 spiro atoms. The number of carbonyl (C=O) groups excluding carboxylic acids is 6. The van der Waals surface area contributed by atoms with E-state index >= 15 is 0 Å². The van der Waals surface area contributed by atoms with Gasteiger partial charge in [0.15, 0.2) is 13.2 Å². The number of benzene rings is 4. The second-order valence-electron chi connectivity index (χ2n) is 16.8. The van der Waals surface area contributed by atoms with Crippen LogP contribution in [-0.4, -0.2) is 143 Å². The van der Waals surface area contributed by atoms with E-state index in [1.807, 2.05) is 42.7 Å². The fraction of sp³-hybridized carbons (Fsp3) is 0.388. The predicted octanol–water partition coefficient (Wildman–Crippen LogP) is 5.72. The van der Waals surface area contributed by atoms with E-state index in [9.17, 15) is 37.5 Å². The van der Waals surface area contributed by atoms with Gasteiger partial charge in [-0.1, -0.05) is 42.3 Å². The summed E-state index contributed by atoms with van der Waals surface area (Å²) in [6.45, 7) is 9.25. The molecule has 0 saturated carbocycles. The summed E-state index contributed by atoms with van der Waals surface area (Å²) in [5.41, 5.74) is 10.1. The van der Waals surface area contributed by atoms with Crippen LogP contribution in [0.5, 0.6) is 0 Å². The first kappa shape index (κ1) is 51.4. The van der Waals surface area contributed by atoms with Crippen LogP contribution in [0.2, 0.25) is 0 Å². The molecule has 0 unspecified atom stereocenters. The number of nitrogens with zero attached hydrogens (tertiary/aromatic N) is 6. The molecule has 2 N–H and O–H groups in total. The number of esters is 2. The maximum Gasteiger partial charge on any atom is 0.414 e. The Morgan fingerprint density at radius 3 is 1.30 bits per heavy atom. The molecule has 0 aromatic heterocycles. The number of nitrogens with two attached hydrogens (primary N) is 1. The molecule has 4 aliphatic heterocycles. The van der Waals surface area contributed by atoms with E-state index in [1.54, 1.807) is 70.5 Å². The average Bonchev–Trinajstić information content (AvgIpc) is 3.94. The summed E-state index contributed by atoms with van der Waals surface area (Å²) in [4.78, 5) is 82.9. The first-order chi connectivity index (χ1) is 32.7.